The molecule has 26 heavy (non-hydrogen) atoms. The van der Waals surface area contributed by atoms with Gasteiger partial charge in [0.1, 0.15) is 5.65 Å². The Morgan fingerprint density at radius 3 is 2.81 bits per heavy atom. The Morgan fingerprint density at radius 1 is 1.27 bits per heavy atom. The van der Waals surface area contributed by atoms with Crippen molar-refractivity contribution in [2.24, 2.45) is 5.41 Å². The summed E-state index contributed by atoms with van der Waals surface area (Å²) in [5.74, 6) is 0.157. The molecule has 2 aromatic rings. The number of amides is 1. The quantitative estimate of drug-likeness (QED) is 0.848. The third kappa shape index (κ3) is 3.01. The Balaban J connectivity index is 1.47. The minimum Gasteiger partial charge on any atom is -0.391 e. The number of carbonyl (C=O) groups excluding carboxylic acids is 1. The first-order valence-electron chi connectivity index (χ1n) is 9.10. The molecule has 138 valence electrons. The van der Waals surface area contributed by atoms with E-state index in [4.69, 9.17) is 0 Å². The first kappa shape index (κ1) is 17.2. The number of likely N-dealkylation sites (tertiary alicyclic amines) is 2. The number of hydrogen-bond acceptors (Lipinski definition) is 5. The predicted molar refractivity (Wildman–Crippen MR) is 96.7 cm³/mol. The maximum atomic E-state index is 12.6. The number of piperidine rings is 2. The molecule has 2 fully saturated rings. The molecule has 1 N–H and O–H groups in total. The summed E-state index contributed by atoms with van der Waals surface area (Å²) in [4.78, 5) is 33.3. The second kappa shape index (κ2) is 6.48. The Labute approximate surface area is 151 Å². The number of likely N-dealkylation sites (N-methyl/N-ethyl adjacent to an activating group) is 1. The van der Waals surface area contributed by atoms with Crippen molar-refractivity contribution in [3.05, 3.63) is 46.5 Å². The van der Waals surface area contributed by atoms with Crippen LogP contribution in [0.2, 0.25) is 0 Å². The molecule has 2 aliphatic rings. The van der Waals surface area contributed by atoms with E-state index in [-0.39, 0.29) is 11.5 Å². The van der Waals surface area contributed by atoms with Gasteiger partial charge in [0.15, 0.2) is 0 Å². The van der Waals surface area contributed by atoms with Gasteiger partial charge in [-0.15, -0.1) is 0 Å². The van der Waals surface area contributed by atoms with Crippen molar-refractivity contribution in [2.45, 2.75) is 31.9 Å². The van der Waals surface area contributed by atoms with E-state index in [1.807, 2.05) is 18.2 Å². The van der Waals surface area contributed by atoms with E-state index in [2.05, 4.69) is 9.88 Å². The number of aliphatic hydroxyl groups is 1. The smallest absolute Gasteiger partial charge is 0.258 e. The lowest BCUT2D eigenvalue weighted by Crippen LogP contribution is -2.56. The molecule has 7 nitrogen and oxygen atoms in total. The second-order valence-corrected chi connectivity index (χ2v) is 7.61. The van der Waals surface area contributed by atoms with Gasteiger partial charge in [-0.25, -0.2) is 4.98 Å². The molecular weight excluding hydrogens is 332 g/mol. The molecule has 4 rings (SSSR count). The first-order chi connectivity index (χ1) is 12.5. The molecule has 0 aromatic carbocycles. The predicted octanol–water partition coefficient (Wildman–Crippen LogP) is 0.500. The zero-order valence-electron chi connectivity index (χ0n) is 15.0. The van der Waals surface area contributed by atoms with E-state index in [0.29, 0.717) is 25.2 Å². The highest BCUT2D eigenvalue weighted by Gasteiger charge is 2.47. The second-order valence-electron chi connectivity index (χ2n) is 7.61. The highest BCUT2D eigenvalue weighted by molar-refractivity contribution is 5.83. The van der Waals surface area contributed by atoms with Crippen molar-refractivity contribution in [1.29, 1.82) is 0 Å². The highest BCUT2D eigenvalue weighted by atomic mass is 16.3. The molecule has 0 radical (unpaired) electrons. The van der Waals surface area contributed by atoms with Crippen LogP contribution in [0.3, 0.4) is 0 Å². The zero-order chi connectivity index (χ0) is 18.3. The topological polar surface area (TPSA) is 78.2 Å². The molecule has 1 spiro atoms. The van der Waals surface area contributed by atoms with E-state index in [0.717, 1.165) is 31.6 Å². The van der Waals surface area contributed by atoms with Gasteiger partial charge in [-0.2, -0.15) is 0 Å². The molecule has 1 atom stereocenters. The summed E-state index contributed by atoms with van der Waals surface area (Å²) in [5.41, 5.74) is 0.894. The number of aromatic nitrogens is 2. The third-order valence-electron chi connectivity index (χ3n) is 5.73. The molecule has 2 aromatic heterocycles. The van der Waals surface area contributed by atoms with Crippen molar-refractivity contribution >= 4 is 11.6 Å². The van der Waals surface area contributed by atoms with Crippen LogP contribution in [-0.2, 0) is 11.3 Å². The highest BCUT2D eigenvalue weighted by Crippen LogP contribution is 2.40. The lowest BCUT2D eigenvalue weighted by Gasteiger charge is -2.46. The Kier molecular flexibility index (Phi) is 4.28. The largest absolute Gasteiger partial charge is 0.391 e. The monoisotopic (exact) mass is 356 g/mol. The van der Waals surface area contributed by atoms with Gasteiger partial charge in [-0.3, -0.25) is 18.9 Å². The van der Waals surface area contributed by atoms with Crippen LogP contribution >= 0.6 is 0 Å². The van der Waals surface area contributed by atoms with Crippen molar-refractivity contribution < 1.29 is 9.90 Å². The minimum atomic E-state index is -0.438. The summed E-state index contributed by atoms with van der Waals surface area (Å²) in [7, 11) is 1.77. The van der Waals surface area contributed by atoms with E-state index >= 15 is 0 Å². The number of pyridine rings is 1. The van der Waals surface area contributed by atoms with Crippen LogP contribution in [0.1, 0.15) is 25.0 Å². The zero-order valence-corrected chi connectivity index (χ0v) is 15.0. The number of carbonyl (C=O) groups is 1. The number of hydrogen-bond donors (Lipinski definition) is 1. The number of aliphatic hydroxyl groups excluding tert-OH is 1. The normalized spacial score (nSPS) is 23.7. The molecule has 0 bridgehead atoms. The number of nitrogens with zero attached hydrogens (tertiary/aromatic N) is 4. The molecule has 2 saturated heterocycles. The van der Waals surface area contributed by atoms with Crippen LogP contribution in [0.15, 0.2) is 35.3 Å². The van der Waals surface area contributed by atoms with Crippen LogP contribution in [0.5, 0.6) is 0 Å². The molecule has 0 aliphatic carbocycles. The number of β-amino-alcohol motifs (C(OH)–C–C–N with tert-alkyl or cyclic N) is 1. The molecular formula is C19H24N4O3. The van der Waals surface area contributed by atoms with E-state index in [1.54, 1.807) is 24.2 Å². The van der Waals surface area contributed by atoms with Crippen molar-refractivity contribution in [3.63, 3.8) is 0 Å². The van der Waals surface area contributed by atoms with Gasteiger partial charge >= 0.3 is 0 Å². The lowest BCUT2D eigenvalue weighted by atomic mass is 9.71. The van der Waals surface area contributed by atoms with Crippen molar-refractivity contribution in [2.75, 3.05) is 26.7 Å². The van der Waals surface area contributed by atoms with Crippen LogP contribution in [-0.4, -0.2) is 63.0 Å². The maximum absolute atomic E-state index is 12.6. The number of rotatable bonds is 2. The van der Waals surface area contributed by atoms with Crippen molar-refractivity contribution in [1.82, 2.24) is 19.2 Å². The summed E-state index contributed by atoms with van der Waals surface area (Å²) < 4.78 is 1.53. The fourth-order valence-electron chi connectivity index (χ4n) is 4.38. The molecule has 4 heterocycles. The summed E-state index contributed by atoms with van der Waals surface area (Å²) in [5, 5.41) is 10.1. The summed E-state index contributed by atoms with van der Waals surface area (Å²) in [6.07, 6.45) is 3.31. The van der Waals surface area contributed by atoms with Crippen LogP contribution < -0.4 is 5.56 Å². The first-order valence-corrected chi connectivity index (χ1v) is 9.10. The van der Waals surface area contributed by atoms with E-state index < -0.39 is 11.5 Å². The summed E-state index contributed by atoms with van der Waals surface area (Å²) in [6.45, 7) is 2.56. The maximum Gasteiger partial charge on any atom is 0.258 e. The minimum absolute atomic E-state index is 0.0775. The van der Waals surface area contributed by atoms with E-state index in [1.165, 1.54) is 4.40 Å². The van der Waals surface area contributed by atoms with Gasteiger partial charge in [0.05, 0.1) is 17.2 Å². The van der Waals surface area contributed by atoms with Gasteiger partial charge in [0.25, 0.3) is 5.56 Å². The summed E-state index contributed by atoms with van der Waals surface area (Å²) >= 11 is 0. The average molecular weight is 356 g/mol. The fraction of sp³-hybridized carbons (Fsp3) is 0.526. The lowest BCUT2D eigenvalue weighted by molar-refractivity contribution is -0.154. The van der Waals surface area contributed by atoms with Gasteiger partial charge in [0.2, 0.25) is 5.91 Å². The SMILES string of the molecule is CN1CC(O)CC2(CCN(Cc3cc(=O)n4ccccc4n3)CC2)C1=O. The Morgan fingerprint density at radius 2 is 2.04 bits per heavy atom. The number of fused-ring (bicyclic) bond motifs is 1. The molecule has 1 amide bonds. The molecule has 1 unspecified atom stereocenters. The molecule has 7 heteroatoms. The van der Waals surface area contributed by atoms with E-state index in [9.17, 15) is 14.7 Å². The van der Waals surface area contributed by atoms with Crippen LogP contribution in [0, 0.1) is 5.41 Å². The average Bonchev–Trinajstić information content (AvgIpc) is 2.62. The fourth-order valence-corrected chi connectivity index (χ4v) is 4.38. The van der Waals surface area contributed by atoms with Gasteiger partial charge < -0.3 is 10.0 Å². The summed E-state index contributed by atoms with van der Waals surface area (Å²) in [6, 6.07) is 7.09. The van der Waals surface area contributed by atoms with Gasteiger partial charge in [-0.1, -0.05) is 6.07 Å². The molecule has 2 aliphatic heterocycles. The van der Waals surface area contributed by atoms with Crippen LogP contribution in [0.4, 0.5) is 0 Å². The Bertz CT molecular complexity index is 886. The van der Waals surface area contributed by atoms with Gasteiger partial charge in [-0.05, 0) is 44.5 Å². The van der Waals surface area contributed by atoms with Gasteiger partial charge in [0, 0.05) is 32.4 Å². The Hall–Kier alpha value is -2.25. The van der Waals surface area contributed by atoms with Crippen LogP contribution in [0.25, 0.3) is 5.65 Å². The molecule has 0 saturated carbocycles. The third-order valence-corrected chi connectivity index (χ3v) is 5.73. The standard InChI is InChI=1S/C19H24N4O3/c1-21-13-15(24)11-19(18(21)26)5-8-22(9-6-19)12-14-10-17(25)23-7-3-2-4-16(23)20-14/h2-4,7,10,15,24H,5-6,8-9,11-13H2,1H3. The van der Waals surface area contributed by atoms with Crippen molar-refractivity contribution in [3.8, 4) is 0 Å².